The molecule has 0 unspecified atom stereocenters. The van der Waals surface area contributed by atoms with E-state index in [0.717, 1.165) is 25.9 Å². The monoisotopic (exact) mass is 281 g/mol. The number of hydrogen-bond acceptors (Lipinski definition) is 3. The number of hydrogen-bond donors (Lipinski definition) is 2. The normalized spacial score (nSPS) is 24.5. The number of rotatable bonds is 5. The minimum atomic E-state index is -0.228. The fourth-order valence-corrected chi connectivity index (χ4v) is 3.58. The second kappa shape index (κ2) is 7.41. The van der Waals surface area contributed by atoms with Gasteiger partial charge in [0.2, 0.25) is 5.91 Å². The Labute approximate surface area is 123 Å². The molecule has 116 valence electrons. The Morgan fingerprint density at radius 1 is 1.25 bits per heavy atom. The molecule has 20 heavy (non-hydrogen) atoms. The molecule has 2 fully saturated rings. The quantitative estimate of drug-likeness (QED) is 0.809. The highest BCUT2D eigenvalue weighted by molar-refractivity contribution is 5.77. The van der Waals surface area contributed by atoms with Gasteiger partial charge in [-0.05, 0) is 51.2 Å². The van der Waals surface area contributed by atoms with Gasteiger partial charge in [0.05, 0.1) is 0 Å². The van der Waals surface area contributed by atoms with Crippen LogP contribution in [0.1, 0.15) is 58.3 Å². The van der Waals surface area contributed by atoms with Crippen molar-refractivity contribution in [2.24, 2.45) is 11.7 Å². The lowest BCUT2D eigenvalue weighted by Crippen LogP contribution is -2.47. The summed E-state index contributed by atoms with van der Waals surface area (Å²) in [4.78, 5) is 14.6. The van der Waals surface area contributed by atoms with E-state index >= 15 is 0 Å². The van der Waals surface area contributed by atoms with E-state index in [0.29, 0.717) is 12.3 Å². The molecule has 0 radical (unpaired) electrons. The van der Waals surface area contributed by atoms with Crippen LogP contribution < -0.4 is 11.1 Å². The lowest BCUT2D eigenvalue weighted by Gasteiger charge is -2.33. The van der Waals surface area contributed by atoms with Crippen molar-refractivity contribution >= 4 is 5.91 Å². The van der Waals surface area contributed by atoms with Crippen molar-refractivity contribution in [3.63, 3.8) is 0 Å². The summed E-state index contributed by atoms with van der Waals surface area (Å²) in [5.41, 5.74) is 6.11. The highest BCUT2D eigenvalue weighted by atomic mass is 16.1. The van der Waals surface area contributed by atoms with Crippen LogP contribution in [0.2, 0.25) is 0 Å². The predicted molar refractivity (Wildman–Crippen MR) is 82.5 cm³/mol. The maximum Gasteiger partial charge on any atom is 0.221 e. The predicted octanol–water partition coefficient (Wildman–Crippen LogP) is 1.89. The zero-order chi connectivity index (χ0) is 14.4. The Kier molecular flexibility index (Phi) is 5.85. The fourth-order valence-electron chi connectivity index (χ4n) is 3.58. The molecule has 2 rings (SSSR count). The second-order valence-corrected chi connectivity index (χ2v) is 6.78. The van der Waals surface area contributed by atoms with Crippen LogP contribution in [0.5, 0.6) is 0 Å². The maximum atomic E-state index is 12.1. The SMILES string of the molecule is CCN1CCC(CNC(=O)CC2(N)CCCCC2)CC1. The van der Waals surface area contributed by atoms with E-state index < -0.39 is 0 Å². The number of nitrogens with one attached hydrogen (secondary N) is 1. The third-order valence-corrected chi connectivity index (χ3v) is 5.10. The highest BCUT2D eigenvalue weighted by Gasteiger charge is 2.30. The van der Waals surface area contributed by atoms with Gasteiger partial charge in [-0.1, -0.05) is 26.2 Å². The second-order valence-electron chi connectivity index (χ2n) is 6.78. The minimum absolute atomic E-state index is 0.160. The molecule has 0 aromatic heterocycles. The molecule has 0 spiro atoms. The van der Waals surface area contributed by atoms with E-state index in [-0.39, 0.29) is 11.4 Å². The number of carbonyl (C=O) groups excluding carboxylic acids is 1. The molecule has 0 atom stereocenters. The Morgan fingerprint density at radius 2 is 1.90 bits per heavy atom. The Hall–Kier alpha value is -0.610. The van der Waals surface area contributed by atoms with Gasteiger partial charge >= 0.3 is 0 Å². The van der Waals surface area contributed by atoms with Crippen molar-refractivity contribution in [1.82, 2.24) is 10.2 Å². The van der Waals surface area contributed by atoms with Crippen LogP contribution in [-0.4, -0.2) is 42.5 Å². The van der Waals surface area contributed by atoms with Crippen molar-refractivity contribution in [3.8, 4) is 0 Å². The van der Waals surface area contributed by atoms with Crippen LogP contribution in [0, 0.1) is 5.92 Å². The van der Waals surface area contributed by atoms with Crippen molar-refractivity contribution in [2.45, 2.75) is 63.8 Å². The molecule has 1 saturated heterocycles. The first-order chi connectivity index (χ1) is 9.61. The number of nitrogens with zero attached hydrogens (tertiary/aromatic N) is 1. The summed E-state index contributed by atoms with van der Waals surface area (Å²) < 4.78 is 0. The summed E-state index contributed by atoms with van der Waals surface area (Å²) in [5, 5.41) is 3.12. The average molecular weight is 281 g/mol. The maximum absolute atomic E-state index is 12.1. The first-order valence-electron chi connectivity index (χ1n) is 8.39. The van der Waals surface area contributed by atoms with Gasteiger partial charge < -0.3 is 16.0 Å². The molecule has 0 bridgehead atoms. The van der Waals surface area contributed by atoms with E-state index in [1.165, 1.54) is 45.2 Å². The van der Waals surface area contributed by atoms with Crippen LogP contribution >= 0.6 is 0 Å². The van der Waals surface area contributed by atoms with Gasteiger partial charge in [0.1, 0.15) is 0 Å². The minimum Gasteiger partial charge on any atom is -0.356 e. The molecule has 4 nitrogen and oxygen atoms in total. The lowest BCUT2D eigenvalue weighted by molar-refractivity contribution is -0.122. The first kappa shape index (κ1) is 15.8. The molecule has 1 heterocycles. The number of nitrogens with two attached hydrogens (primary N) is 1. The number of piperidine rings is 1. The van der Waals surface area contributed by atoms with Crippen LogP contribution in [0.25, 0.3) is 0 Å². The zero-order valence-electron chi connectivity index (χ0n) is 13.0. The fraction of sp³-hybridized carbons (Fsp3) is 0.938. The Bertz CT molecular complexity index is 305. The van der Waals surface area contributed by atoms with E-state index in [1.807, 2.05) is 0 Å². The molecule has 1 aliphatic carbocycles. The van der Waals surface area contributed by atoms with Gasteiger partial charge in [-0.15, -0.1) is 0 Å². The number of likely N-dealkylation sites (tertiary alicyclic amines) is 1. The molecule has 2 aliphatic rings. The topological polar surface area (TPSA) is 58.4 Å². The third-order valence-electron chi connectivity index (χ3n) is 5.10. The molecule has 0 aromatic rings. The van der Waals surface area contributed by atoms with Crippen molar-refractivity contribution < 1.29 is 4.79 Å². The summed E-state index contributed by atoms with van der Waals surface area (Å²) >= 11 is 0. The summed E-state index contributed by atoms with van der Waals surface area (Å²) in [6.07, 6.45) is 8.59. The highest BCUT2D eigenvalue weighted by Crippen LogP contribution is 2.28. The van der Waals surface area contributed by atoms with Crippen molar-refractivity contribution in [1.29, 1.82) is 0 Å². The summed E-state index contributed by atoms with van der Waals surface area (Å²) in [5.74, 6) is 0.814. The van der Waals surface area contributed by atoms with Crippen LogP contribution in [0.15, 0.2) is 0 Å². The standard InChI is InChI=1S/C16H31N3O/c1-2-19-10-6-14(7-11-19)13-18-15(20)12-16(17)8-4-3-5-9-16/h14H,2-13,17H2,1H3,(H,18,20). The van der Waals surface area contributed by atoms with Gasteiger partial charge in [-0.2, -0.15) is 0 Å². The van der Waals surface area contributed by atoms with Crippen LogP contribution in [0.3, 0.4) is 0 Å². The molecule has 3 N–H and O–H groups in total. The number of amides is 1. The Morgan fingerprint density at radius 3 is 2.50 bits per heavy atom. The van der Waals surface area contributed by atoms with Crippen LogP contribution in [-0.2, 0) is 4.79 Å². The first-order valence-corrected chi connectivity index (χ1v) is 8.39. The van der Waals surface area contributed by atoms with E-state index in [4.69, 9.17) is 5.73 Å². The van der Waals surface area contributed by atoms with Gasteiger partial charge in [0, 0.05) is 18.5 Å². The van der Waals surface area contributed by atoms with Gasteiger partial charge in [-0.25, -0.2) is 0 Å². The molecular weight excluding hydrogens is 250 g/mol. The zero-order valence-corrected chi connectivity index (χ0v) is 13.0. The largest absolute Gasteiger partial charge is 0.356 e. The lowest BCUT2D eigenvalue weighted by atomic mass is 9.80. The molecule has 1 amide bonds. The smallest absolute Gasteiger partial charge is 0.221 e. The molecule has 4 heteroatoms. The van der Waals surface area contributed by atoms with E-state index in [1.54, 1.807) is 0 Å². The third kappa shape index (κ3) is 4.74. The number of carbonyl (C=O) groups is 1. The van der Waals surface area contributed by atoms with Crippen molar-refractivity contribution in [2.75, 3.05) is 26.2 Å². The van der Waals surface area contributed by atoms with Gasteiger partial charge in [0.25, 0.3) is 0 Å². The molecule has 1 aliphatic heterocycles. The summed E-state index contributed by atoms with van der Waals surface area (Å²) in [7, 11) is 0. The summed E-state index contributed by atoms with van der Waals surface area (Å²) in [6.45, 7) is 6.56. The average Bonchev–Trinajstić information content (AvgIpc) is 2.46. The molecule has 0 aromatic carbocycles. The van der Waals surface area contributed by atoms with Crippen LogP contribution in [0.4, 0.5) is 0 Å². The molecular formula is C16H31N3O. The van der Waals surface area contributed by atoms with Gasteiger partial charge in [0.15, 0.2) is 0 Å². The summed E-state index contributed by atoms with van der Waals surface area (Å²) in [6, 6.07) is 0. The van der Waals surface area contributed by atoms with E-state index in [9.17, 15) is 4.79 Å². The molecule has 1 saturated carbocycles. The Balaban J connectivity index is 1.65. The van der Waals surface area contributed by atoms with Crippen molar-refractivity contribution in [3.05, 3.63) is 0 Å². The van der Waals surface area contributed by atoms with E-state index in [2.05, 4.69) is 17.1 Å². The van der Waals surface area contributed by atoms with Gasteiger partial charge in [-0.3, -0.25) is 4.79 Å².